The smallest absolute Gasteiger partial charge is 0.107 e. The Balaban J connectivity index is 1.26. The summed E-state index contributed by atoms with van der Waals surface area (Å²) in [5.74, 6) is 3.83. The highest BCUT2D eigenvalue weighted by atomic mass is 35.5. The number of nitrogens with two attached hydrogens (primary N) is 1. The van der Waals surface area contributed by atoms with Crippen molar-refractivity contribution in [1.29, 1.82) is 5.26 Å². The molecule has 0 radical (unpaired) electrons. The molecule has 202 valence electrons. The summed E-state index contributed by atoms with van der Waals surface area (Å²) >= 11 is 6.77. The molecule has 6 heteroatoms. The first-order valence-corrected chi connectivity index (χ1v) is 14.8. The van der Waals surface area contributed by atoms with Crippen LogP contribution in [0.25, 0.3) is 27.9 Å². The van der Waals surface area contributed by atoms with E-state index >= 15 is 0 Å². The molecule has 3 heterocycles. The minimum Gasteiger partial charge on any atom is -0.370 e. The lowest BCUT2D eigenvalue weighted by Crippen LogP contribution is -2.30. The predicted molar refractivity (Wildman–Crippen MR) is 160 cm³/mol. The predicted octanol–water partition coefficient (Wildman–Crippen LogP) is 7.18. The van der Waals surface area contributed by atoms with E-state index in [0.29, 0.717) is 23.0 Å². The van der Waals surface area contributed by atoms with Gasteiger partial charge < -0.3 is 15.6 Å². The minimum atomic E-state index is 0.492. The Bertz CT molecular complexity index is 1480. The monoisotopic (exact) mass is 539 g/mol. The fraction of sp³-hybridized carbons (Fsp3) is 0.455. The Morgan fingerprint density at radius 2 is 1.97 bits per heavy atom. The van der Waals surface area contributed by atoms with E-state index in [0.717, 1.165) is 83.3 Å². The van der Waals surface area contributed by atoms with Crippen LogP contribution in [0, 0.1) is 40.9 Å². The summed E-state index contributed by atoms with van der Waals surface area (Å²) in [5.41, 5.74) is 14.2. The van der Waals surface area contributed by atoms with E-state index in [1.807, 2.05) is 6.07 Å². The van der Waals surface area contributed by atoms with Crippen LogP contribution in [-0.4, -0.2) is 34.5 Å². The Kier molecular flexibility index (Phi) is 7.04. The van der Waals surface area contributed by atoms with Crippen LogP contribution >= 0.6 is 11.6 Å². The van der Waals surface area contributed by atoms with Gasteiger partial charge in [0.1, 0.15) is 11.6 Å². The highest BCUT2D eigenvalue weighted by molar-refractivity contribution is 6.33. The number of hydrogen-bond donors (Lipinski definition) is 2. The van der Waals surface area contributed by atoms with Gasteiger partial charge in [-0.2, -0.15) is 5.26 Å². The maximum Gasteiger partial charge on any atom is 0.107 e. The largest absolute Gasteiger partial charge is 0.370 e. The van der Waals surface area contributed by atoms with Crippen LogP contribution in [0.3, 0.4) is 0 Å². The molecule has 1 aromatic carbocycles. The van der Waals surface area contributed by atoms with Crippen LogP contribution in [0.2, 0.25) is 5.02 Å². The molecule has 3 aliphatic rings. The SMILES string of the molecule is C=C(CN)N1CC=C(c2ccc(-c3nc4c(C#N)c(CC5CC(C)C6C(C)CCC56)[nH]c4cc3Cl)cc2)CC1. The number of pyridine rings is 1. The molecule has 3 N–H and O–H groups in total. The number of nitrogens with zero attached hydrogens (tertiary/aromatic N) is 3. The molecule has 6 rings (SSSR count). The van der Waals surface area contributed by atoms with Crippen LogP contribution in [0.4, 0.5) is 0 Å². The number of halogens is 1. The molecule has 0 bridgehead atoms. The van der Waals surface area contributed by atoms with Crippen LogP contribution < -0.4 is 5.73 Å². The third kappa shape index (κ3) is 4.68. The van der Waals surface area contributed by atoms with E-state index in [2.05, 4.69) is 66.7 Å². The fourth-order valence-corrected chi connectivity index (χ4v) is 8.17. The van der Waals surface area contributed by atoms with Gasteiger partial charge in [-0.15, -0.1) is 0 Å². The molecule has 39 heavy (non-hydrogen) atoms. The molecule has 5 unspecified atom stereocenters. The number of aromatic nitrogens is 2. The van der Waals surface area contributed by atoms with Gasteiger partial charge in [0.25, 0.3) is 0 Å². The third-order valence-electron chi connectivity index (χ3n) is 9.84. The van der Waals surface area contributed by atoms with Gasteiger partial charge >= 0.3 is 0 Å². The Morgan fingerprint density at radius 3 is 2.67 bits per heavy atom. The second-order valence-corrected chi connectivity index (χ2v) is 12.5. The maximum absolute atomic E-state index is 10.2. The van der Waals surface area contributed by atoms with Gasteiger partial charge in [-0.25, -0.2) is 4.98 Å². The molecule has 0 amide bonds. The lowest BCUT2D eigenvalue weighted by Gasteiger charge is -2.29. The molecular weight excluding hydrogens is 502 g/mol. The van der Waals surface area contributed by atoms with Crippen molar-refractivity contribution in [1.82, 2.24) is 14.9 Å². The van der Waals surface area contributed by atoms with Crippen LogP contribution in [-0.2, 0) is 6.42 Å². The Labute approximate surface area is 236 Å². The van der Waals surface area contributed by atoms with Crippen molar-refractivity contribution in [2.75, 3.05) is 19.6 Å². The molecule has 5 nitrogen and oxygen atoms in total. The number of rotatable bonds is 6. The molecule has 3 aromatic rings. The zero-order chi connectivity index (χ0) is 27.3. The summed E-state index contributed by atoms with van der Waals surface area (Å²) in [5, 5.41) is 10.8. The summed E-state index contributed by atoms with van der Waals surface area (Å²) < 4.78 is 0. The second kappa shape index (κ2) is 10.5. The quantitative estimate of drug-likeness (QED) is 0.347. The van der Waals surface area contributed by atoms with E-state index in [1.165, 1.54) is 30.4 Å². The molecular formula is C33H38ClN5. The Morgan fingerprint density at radius 1 is 1.21 bits per heavy atom. The van der Waals surface area contributed by atoms with Gasteiger partial charge in [0.2, 0.25) is 0 Å². The van der Waals surface area contributed by atoms with Crippen LogP contribution in [0.5, 0.6) is 0 Å². The summed E-state index contributed by atoms with van der Waals surface area (Å²) in [6.45, 7) is 11.2. The highest BCUT2D eigenvalue weighted by Gasteiger charge is 2.47. The second-order valence-electron chi connectivity index (χ2n) is 12.1. The van der Waals surface area contributed by atoms with Gasteiger partial charge in [-0.1, -0.05) is 68.8 Å². The van der Waals surface area contributed by atoms with E-state index in [4.69, 9.17) is 22.3 Å². The van der Waals surface area contributed by atoms with E-state index < -0.39 is 0 Å². The van der Waals surface area contributed by atoms with Gasteiger partial charge in [0.15, 0.2) is 0 Å². The van der Waals surface area contributed by atoms with Crippen LogP contribution in [0.1, 0.15) is 56.4 Å². The van der Waals surface area contributed by atoms with Crippen molar-refractivity contribution in [2.24, 2.45) is 35.3 Å². The van der Waals surface area contributed by atoms with Crippen molar-refractivity contribution < 1.29 is 0 Å². The first-order chi connectivity index (χ1) is 18.9. The molecule has 2 saturated carbocycles. The molecule has 2 aromatic heterocycles. The molecule has 0 saturated heterocycles. The zero-order valence-corrected chi connectivity index (χ0v) is 23.8. The van der Waals surface area contributed by atoms with Crippen molar-refractivity contribution in [3.8, 4) is 17.3 Å². The summed E-state index contributed by atoms with van der Waals surface area (Å²) in [6.07, 6.45) is 8.06. The van der Waals surface area contributed by atoms with Gasteiger partial charge in [0.05, 0.1) is 21.8 Å². The normalized spacial score (nSPS) is 26.5. The molecule has 2 fully saturated rings. The number of nitrogens with one attached hydrogen (secondary N) is 1. The van der Waals surface area contributed by atoms with Crippen molar-refractivity contribution >= 4 is 28.2 Å². The molecule has 2 aliphatic carbocycles. The van der Waals surface area contributed by atoms with Crippen molar-refractivity contribution in [2.45, 2.75) is 46.0 Å². The lowest BCUT2D eigenvalue weighted by atomic mass is 9.85. The number of fused-ring (bicyclic) bond motifs is 2. The van der Waals surface area contributed by atoms with Crippen molar-refractivity contribution in [3.05, 3.63) is 70.5 Å². The van der Waals surface area contributed by atoms with E-state index in [1.54, 1.807) is 0 Å². The summed E-state index contributed by atoms with van der Waals surface area (Å²) in [6, 6.07) is 12.9. The summed E-state index contributed by atoms with van der Waals surface area (Å²) in [4.78, 5) is 10.7. The molecule has 0 spiro atoms. The third-order valence-corrected chi connectivity index (χ3v) is 10.1. The first-order valence-electron chi connectivity index (χ1n) is 14.4. The zero-order valence-electron chi connectivity index (χ0n) is 23.0. The first kappa shape index (κ1) is 26.2. The fourth-order valence-electron chi connectivity index (χ4n) is 7.91. The average Bonchev–Trinajstić information content (AvgIpc) is 3.60. The number of aromatic amines is 1. The topological polar surface area (TPSA) is 81.7 Å². The van der Waals surface area contributed by atoms with E-state index in [9.17, 15) is 5.26 Å². The van der Waals surface area contributed by atoms with Crippen LogP contribution in [0.15, 0.2) is 48.7 Å². The highest BCUT2D eigenvalue weighted by Crippen LogP contribution is 2.54. The summed E-state index contributed by atoms with van der Waals surface area (Å²) in [7, 11) is 0. The average molecular weight is 540 g/mol. The standard InChI is InChI=1S/C33H38ClN5/c1-19-4-9-26-25(14-20(2)31(19)26)15-29-27(18-36)33-30(37-29)16-28(34)32(38-33)24-7-5-22(6-8-24)23-10-12-39(13-11-23)21(3)17-35/h5-8,10,16,19-20,25-26,31,37H,3-4,9,11-15,17,35H2,1-2H3. The number of benzene rings is 1. The van der Waals surface area contributed by atoms with E-state index in [-0.39, 0.29) is 0 Å². The lowest BCUT2D eigenvalue weighted by molar-refractivity contribution is 0.287. The minimum absolute atomic E-state index is 0.492. The van der Waals surface area contributed by atoms with Gasteiger partial charge in [-0.3, -0.25) is 0 Å². The molecule has 1 aliphatic heterocycles. The maximum atomic E-state index is 10.2. The number of hydrogen-bond acceptors (Lipinski definition) is 4. The Hall–Kier alpha value is -3.07. The molecule has 5 atom stereocenters. The van der Waals surface area contributed by atoms with Crippen molar-refractivity contribution in [3.63, 3.8) is 0 Å². The number of nitriles is 1. The van der Waals surface area contributed by atoms with Gasteiger partial charge in [-0.05, 0) is 72.5 Å². The van der Waals surface area contributed by atoms with Gasteiger partial charge in [0, 0.05) is 36.6 Å². The number of H-pyrrole nitrogens is 1.